The van der Waals surface area contributed by atoms with Crippen LogP contribution in [-0.2, 0) is 4.74 Å². The molecule has 0 aliphatic heterocycles. The first-order chi connectivity index (χ1) is 8.27. The molecular formula is C13H19N3O. The van der Waals surface area contributed by atoms with Gasteiger partial charge >= 0.3 is 0 Å². The van der Waals surface area contributed by atoms with Crippen molar-refractivity contribution in [3.63, 3.8) is 0 Å². The minimum absolute atomic E-state index is 0.696. The van der Waals surface area contributed by atoms with E-state index < -0.39 is 0 Å². The third-order valence-electron chi connectivity index (χ3n) is 2.40. The highest BCUT2D eigenvalue weighted by Gasteiger charge is 2.00. The summed E-state index contributed by atoms with van der Waals surface area (Å²) in [6, 6.07) is 8.03. The lowest BCUT2D eigenvalue weighted by Gasteiger charge is -2.09. The molecule has 0 aromatic heterocycles. The smallest absolute Gasteiger partial charge is 0.101 e. The van der Waals surface area contributed by atoms with Crippen molar-refractivity contribution in [2.45, 2.75) is 6.92 Å². The zero-order valence-corrected chi connectivity index (χ0v) is 10.4. The number of hydrogen-bond acceptors (Lipinski definition) is 4. The van der Waals surface area contributed by atoms with Crippen molar-refractivity contribution in [2.24, 2.45) is 0 Å². The van der Waals surface area contributed by atoms with Gasteiger partial charge in [-0.3, -0.25) is 0 Å². The van der Waals surface area contributed by atoms with Crippen LogP contribution in [0.25, 0.3) is 0 Å². The van der Waals surface area contributed by atoms with Gasteiger partial charge in [0.05, 0.1) is 17.9 Å². The highest BCUT2D eigenvalue weighted by atomic mass is 16.5. The number of anilines is 1. The van der Waals surface area contributed by atoms with Gasteiger partial charge in [-0.2, -0.15) is 5.26 Å². The molecule has 2 N–H and O–H groups in total. The van der Waals surface area contributed by atoms with Gasteiger partial charge in [0.15, 0.2) is 0 Å². The first kappa shape index (κ1) is 13.5. The van der Waals surface area contributed by atoms with Gasteiger partial charge < -0.3 is 15.4 Å². The molecule has 1 aromatic rings. The van der Waals surface area contributed by atoms with Crippen molar-refractivity contribution in [3.8, 4) is 6.07 Å². The lowest BCUT2D eigenvalue weighted by atomic mass is 10.1. The van der Waals surface area contributed by atoms with E-state index in [1.54, 1.807) is 7.11 Å². The van der Waals surface area contributed by atoms with Crippen LogP contribution in [0.1, 0.15) is 11.1 Å². The molecule has 0 saturated heterocycles. The number of nitrogens with zero attached hydrogens (tertiary/aromatic N) is 1. The van der Waals surface area contributed by atoms with E-state index in [1.165, 1.54) is 0 Å². The van der Waals surface area contributed by atoms with E-state index in [0.717, 1.165) is 30.9 Å². The molecule has 4 heteroatoms. The molecule has 1 rings (SSSR count). The summed E-state index contributed by atoms with van der Waals surface area (Å²) in [6.07, 6.45) is 0. The van der Waals surface area contributed by atoms with Crippen LogP contribution >= 0.6 is 0 Å². The number of rotatable bonds is 7. The topological polar surface area (TPSA) is 57.1 Å². The van der Waals surface area contributed by atoms with E-state index in [-0.39, 0.29) is 0 Å². The van der Waals surface area contributed by atoms with E-state index >= 15 is 0 Å². The van der Waals surface area contributed by atoms with E-state index in [9.17, 15) is 0 Å². The van der Waals surface area contributed by atoms with Crippen molar-refractivity contribution in [3.05, 3.63) is 29.3 Å². The largest absolute Gasteiger partial charge is 0.383 e. The minimum Gasteiger partial charge on any atom is -0.383 e. The Morgan fingerprint density at radius 1 is 1.29 bits per heavy atom. The Kier molecular flexibility index (Phi) is 6.08. The van der Waals surface area contributed by atoms with Crippen LogP contribution in [0.15, 0.2) is 18.2 Å². The number of aryl methyl sites for hydroxylation is 1. The molecule has 0 saturated carbocycles. The number of benzene rings is 1. The molecular weight excluding hydrogens is 214 g/mol. The monoisotopic (exact) mass is 233 g/mol. The highest BCUT2D eigenvalue weighted by Crippen LogP contribution is 2.15. The maximum Gasteiger partial charge on any atom is 0.101 e. The third kappa shape index (κ3) is 4.85. The summed E-state index contributed by atoms with van der Waals surface area (Å²) in [6.45, 7) is 5.19. The van der Waals surface area contributed by atoms with Crippen LogP contribution < -0.4 is 10.6 Å². The molecule has 0 atom stereocenters. The zero-order chi connectivity index (χ0) is 12.5. The highest BCUT2D eigenvalue weighted by molar-refractivity contribution is 5.58. The zero-order valence-electron chi connectivity index (χ0n) is 10.4. The first-order valence-corrected chi connectivity index (χ1v) is 5.72. The molecule has 0 bridgehead atoms. The number of ether oxygens (including phenoxy) is 1. The molecule has 1 aromatic carbocycles. The van der Waals surface area contributed by atoms with Crippen LogP contribution in [0, 0.1) is 18.3 Å². The Labute approximate surface area is 103 Å². The molecule has 4 nitrogen and oxygen atoms in total. The summed E-state index contributed by atoms with van der Waals surface area (Å²) < 4.78 is 4.93. The van der Waals surface area contributed by atoms with Gasteiger partial charge in [0.25, 0.3) is 0 Å². The summed E-state index contributed by atoms with van der Waals surface area (Å²) in [7, 11) is 1.69. The van der Waals surface area contributed by atoms with E-state index in [1.807, 2.05) is 25.1 Å². The van der Waals surface area contributed by atoms with Gasteiger partial charge in [-0.05, 0) is 24.6 Å². The molecule has 0 radical (unpaired) electrons. The van der Waals surface area contributed by atoms with Gasteiger partial charge in [-0.25, -0.2) is 0 Å². The number of hydrogen-bond donors (Lipinski definition) is 2. The average molecular weight is 233 g/mol. The number of nitriles is 1. The van der Waals surface area contributed by atoms with Crippen LogP contribution in [-0.4, -0.2) is 33.4 Å². The second-order valence-electron chi connectivity index (χ2n) is 3.83. The molecule has 0 heterocycles. The van der Waals surface area contributed by atoms with E-state index in [2.05, 4.69) is 16.7 Å². The van der Waals surface area contributed by atoms with E-state index in [4.69, 9.17) is 10.00 Å². The normalized spacial score (nSPS) is 9.94. The molecule has 0 aliphatic carbocycles. The van der Waals surface area contributed by atoms with Crippen LogP contribution in [0.2, 0.25) is 0 Å². The number of methoxy groups -OCH3 is 1. The quantitative estimate of drug-likeness (QED) is 0.701. The third-order valence-corrected chi connectivity index (χ3v) is 2.40. The first-order valence-electron chi connectivity index (χ1n) is 5.72. The summed E-state index contributed by atoms with van der Waals surface area (Å²) in [5, 5.41) is 15.5. The van der Waals surface area contributed by atoms with Gasteiger partial charge in [0.1, 0.15) is 6.07 Å². The van der Waals surface area contributed by atoms with E-state index in [0.29, 0.717) is 12.2 Å². The maximum atomic E-state index is 8.99. The van der Waals surface area contributed by atoms with Crippen LogP contribution in [0.4, 0.5) is 5.69 Å². The fourth-order valence-electron chi connectivity index (χ4n) is 1.49. The van der Waals surface area contributed by atoms with Gasteiger partial charge in [0.2, 0.25) is 0 Å². The number of nitrogens with one attached hydrogen (secondary N) is 2. The van der Waals surface area contributed by atoms with Gasteiger partial charge in [-0.1, -0.05) is 6.07 Å². The standard InChI is InChI=1S/C13H19N3O/c1-11-3-4-13(12(9-11)10-14)16-6-5-15-7-8-17-2/h3-4,9,15-16H,5-8H2,1-2H3. The molecule has 0 aliphatic rings. The Hall–Kier alpha value is -1.57. The van der Waals surface area contributed by atoms with Crippen molar-refractivity contribution < 1.29 is 4.74 Å². The Bertz CT molecular complexity index is 385. The Morgan fingerprint density at radius 3 is 2.82 bits per heavy atom. The molecule has 0 fully saturated rings. The lowest BCUT2D eigenvalue weighted by Crippen LogP contribution is -2.25. The Morgan fingerprint density at radius 2 is 2.12 bits per heavy atom. The molecule has 92 valence electrons. The average Bonchev–Trinajstić information content (AvgIpc) is 2.35. The maximum absolute atomic E-state index is 8.99. The minimum atomic E-state index is 0.696. The predicted octanol–water partition coefficient (Wildman–Crippen LogP) is 1.51. The fourth-order valence-corrected chi connectivity index (χ4v) is 1.49. The summed E-state index contributed by atoms with van der Waals surface area (Å²) in [5.41, 5.74) is 2.69. The van der Waals surface area contributed by atoms with Crippen molar-refractivity contribution >= 4 is 5.69 Å². The summed E-state index contributed by atoms with van der Waals surface area (Å²) >= 11 is 0. The molecule has 0 unspecified atom stereocenters. The molecule has 0 spiro atoms. The fraction of sp³-hybridized carbons (Fsp3) is 0.462. The lowest BCUT2D eigenvalue weighted by molar-refractivity contribution is 0.200. The second-order valence-corrected chi connectivity index (χ2v) is 3.83. The summed E-state index contributed by atoms with van der Waals surface area (Å²) in [4.78, 5) is 0. The van der Waals surface area contributed by atoms with Crippen LogP contribution in [0.3, 0.4) is 0 Å². The summed E-state index contributed by atoms with van der Waals surface area (Å²) in [5.74, 6) is 0. The van der Waals surface area contributed by atoms with Crippen molar-refractivity contribution in [2.75, 3.05) is 38.7 Å². The van der Waals surface area contributed by atoms with Crippen molar-refractivity contribution in [1.29, 1.82) is 5.26 Å². The van der Waals surface area contributed by atoms with Gasteiger partial charge in [-0.15, -0.1) is 0 Å². The molecule has 0 amide bonds. The molecule has 17 heavy (non-hydrogen) atoms. The predicted molar refractivity (Wildman–Crippen MR) is 69.1 cm³/mol. The SMILES string of the molecule is COCCNCCNc1ccc(C)cc1C#N. The van der Waals surface area contributed by atoms with Crippen molar-refractivity contribution in [1.82, 2.24) is 5.32 Å². The second kappa shape index (κ2) is 7.66. The van der Waals surface area contributed by atoms with Crippen LogP contribution in [0.5, 0.6) is 0 Å². The van der Waals surface area contributed by atoms with Gasteiger partial charge in [0, 0.05) is 26.7 Å². The Balaban J connectivity index is 2.34.